The summed E-state index contributed by atoms with van der Waals surface area (Å²) in [5.41, 5.74) is 0.296. The van der Waals surface area contributed by atoms with E-state index in [4.69, 9.17) is 0 Å². The van der Waals surface area contributed by atoms with E-state index in [1.54, 1.807) is 0 Å². The van der Waals surface area contributed by atoms with E-state index in [0.717, 1.165) is 11.0 Å². The first-order chi connectivity index (χ1) is 12.8. The molecule has 1 atom stereocenters. The highest BCUT2D eigenvalue weighted by Gasteiger charge is 2.43. The average Bonchev–Trinajstić information content (AvgIpc) is 3.12. The van der Waals surface area contributed by atoms with Crippen LogP contribution in [-0.4, -0.2) is 70.7 Å². The number of carbonyl (C=O) groups excluding carboxylic acids is 1. The molecule has 2 N–H and O–H groups in total. The summed E-state index contributed by atoms with van der Waals surface area (Å²) in [4.78, 5) is 14.6. The normalized spacial score (nSPS) is 16.3. The van der Waals surface area contributed by atoms with E-state index in [1.165, 1.54) is 29.2 Å². The largest absolute Gasteiger partial charge is 0.405 e. The first-order valence-electron chi connectivity index (χ1n) is 8.32. The second-order valence-corrected chi connectivity index (χ2v) is 6.05. The predicted octanol–water partition coefficient (Wildman–Crippen LogP) is 1.39. The van der Waals surface area contributed by atoms with Crippen LogP contribution in [0.3, 0.4) is 0 Å². The van der Waals surface area contributed by atoms with Gasteiger partial charge in [0, 0.05) is 32.7 Å². The number of alkyl halides is 3. The van der Waals surface area contributed by atoms with Crippen molar-refractivity contribution in [2.45, 2.75) is 12.2 Å². The van der Waals surface area contributed by atoms with Crippen molar-refractivity contribution < 1.29 is 22.4 Å². The smallest absolute Gasteiger partial charge is 0.349 e. The number of benzene rings is 1. The molecule has 0 aliphatic carbocycles. The lowest BCUT2D eigenvalue weighted by Crippen LogP contribution is -2.57. The molecule has 12 heteroatoms. The molecule has 0 bridgehead atoms. The summed E-state index contributed by atoms with van der Waals surface area (Å²) in [6.07, 6.45) is -3.32. The summed E-state index contributed by atoms with van der Waals surface area (Å²) in [5.74, 6) is -1.19. The molecule has 0 radical (unpaired) electrons. The highest BCUT2D eigenvalue weighted by Crippen LogP contribution is 2.24. The molecule has 1 fully saturated rings. The van der Waals surface area contributed by atoms with Gasteiger partial charge in [-0.15, -0.1) is 17.5 Å². The molecule has 1 unspecified atom stereocenters. The Kier molecular flexibility index (Phi) is 7.33. The highest BCUT2D eigenvalue weighted by molar-refractivity contribution is 5.91. The number of nitrogens with zero attached hydrogens (tertiary/aromatic N) is 4. The minimum absolute atomic E-state index is 0. The maximum atomic E-state index is 13.3. The van der Waals surface area contributed by atoms with Crippen molar-refractivity contribution in [3.05, 3.63) is 42.0 Å². The zero-order valence-corrected chi connectivity index (χ0v) is 15.4. The third-order valence-electron chi connectivity index (χ3n) is 4.21. The van der Waals surface area contributed by atoms with Gasteiger partial charge in [-0.1, -0.05) is 0 Å². The van der Waals surface area contributed by atoms with Gasteiger partial charge in [0.2, 0.25) is 0 Å². The monoisotopic (exact) mass is 422 g/mol. The first kappa shape index (κ1) is 22.1. The maximum Gasteiger partial charge on any atom is 0.405 e. The third kappa shape index (κ3) is 5.40. The lowest BCUT2D eigenvalue weighted by molar-refractivity contribution is -0.183. The van der Waals surface area contributed by atoms with Crippen LogP contribution in [0.1, 0.15) is 10.5 Å². The molecule has 7 nitrogen and oxygen atoms in total. The van der Waals surface area contributed by atoms with Crippen molar-refractivity contribution in [3.8, 4) is 5.69 Å². The highest BCUT2D eigenvalue weighted by atomic mass is 35.5. The summed E-state index contributed by atoms with van der Waals surface area (Å²) in [7, 11) is 0. The van der Waals surface area contributed by atoms with Gasteiger partial charge in [0.25, 0.3) is 5.91 Å². The van der Waals surface area contributed by atoms with E-state index >= 15 is 0 Å². The molecule has 1 saturated heterocycles. The Bertz CT molecular complexity index is 776. The topological polar surface area (TPSA) is 75.1 Å². The van der Waals surface area contributed by atoms with Crippen LogP contribution in [0, 0.1) is 5.82 Å². The van der Waals surface area contributed by atoms with Crippen molar-refractivity contribution in [1.82, 2.24) is 30.5 Å². The van der Waals surface area contributed by atoms with Crippen LogP contribution in [0.2, 0.25) is 0 Å². The number of halogens is 5. The van der Waals surface area contributed by atoms with E-state index in [-0.39, 0.29) is 31.2 Å². The number of aromatic nitrogens is 3. The van der Waals surface area contributed by atoms with Crippen LogP contribution in [0.5, 0.6) is 0 Å². The summed E-state index contributed by atoms with van der Waals surface area (Å²) in [6.45, 7) is 0.854. The fourth-order valence-corrected chi connectivity index (χ4v) is 2.79. The molecule has 1 amide bonds. The lowest BCUT2D eigenvalue weighted by Gasteiger charge is -2.35. The van der Waals surface area contributed by atoms with Gasteiger partial charge in [-0.05, 0) is 24.3 Å². The van der Waals surface area contributed by atoms with E-state index in [2.05, 4.69) is 20.8 Å². The molecular formula is C16H19ClF4N6O. The molecule has 2 aromatic rings. The fraction of sp³-hybridized carbons (Fsp3) is 0.438. The van der Waals surface area contributed by atoms with Gasteiger partial charge in [-0.3, -0.25) is 9.69 Å². The summed E-state index contributed by atoms with van der Waals surface area (Å²) in [5, 5.41) is 13.1. The van der Waals surface area contributed by atoms with Crippen molar-refractivity contribution in [1.29, 1.82) is 0 Å². The number of hydrogen-bond donors (Lipinski definition) is 2. The third-order valence-corrected chi connectivity index (χ3v) is 4.21. The number of amides is 1. The standard InChI is InChI=1S/C16H18F4N6O.ClH/c17-11-1-3-12(4-2-11)26-23-9-13(24-26)15(27)22-10-14(16(18,19)20)25-7-5-21-6-8-25;/h1-4,9,14,21H,5-8,10H2,(H,22,27);1H. The summed E-state index contributed by atoms with van der Waals surface area (Å²) < 4.78 is 53.0. The SMILES string of the molecule is Cl.O=C(NCC(N1CCNCC1)C(F)(F)F)c1cnn(-c2ccc(F)cc2)n1. The van der Waals surface area contributed by atoms with Crippen LogP contribution >= 0.6 is 12.4 Å². The van der Waals surface area contributed by atoms with Gasteiger partial charge < -0.3 is 10.6 Å². The molecule has 154 valence electrons. The Morgan fingerprint density at radius 2 is 1.86 bits per heavy atom. The van der Waals surface area contributed by atoms with E-state index in [1.807, 2.05) is 0 Å². The number of piperazine rings is 1. The number of rotatable bonds is 5. The van der Waals surface area contributed by atoms with Gasteiger partial charge in [0.1, 0.15) is 11.9 Å². The second kappa shape index (κ2) is 9.30. The Labute approximate surface area is 164 Å². The van der Waals surface area contributed by atoms with Crippen LogP contribution in [0.15, 0.2) is 30.5 Å². The van der Waals surface area contributed by atoms with Crippen molar-refractivity contribution in [2.24, 2.45) is 0 Å². The summed E-state index contributed by atoms with van der Waals surface area (Å²) >= 11 is 0. The minimum atomic E-state index is -4.46. The Morgan fingerprint density at radius 1 is 1.21 bits per heavy atom. The predicted molar refractivity (Wildman–Crippen MR) is 95.2 cm³/mol. The summed E-state index contributed by atoms with van der Waals surface area (Å²) in [6, 6.07) is 3.48. The molecule has 0 saturated carbocycles. The molecule has 1 aromatic carbocycles. The van der Waals surface area contributed by atoms with Gasteiger partial charge in [0.15, 0.2) is 5.69 Å². The van der Waals surface area contributed by atoms with Crippen molar-refractivity contribution in [2.75, 3.05) is 32.7 Å². The van der Waals surface area contributed by atoms with Crippen LogP contribution in [0.25, 0.3) is 5.69 Å². The fourth-order valence-electron chi connectivity index (χ4n) is 2.79. The van der Waals surface area contributed by atoms with Crippen LogP contribution < -0.4 is 10.6 Å². The Hall–Kier alpha value is -2.24. The lowest BCUT2D eigenvalue weighted by atomic mass is 10.2. The molecule has 1 aliphatic rings. The zero-order chi connectivity index (χ0) is 19.4. The van der Waals surface area contributed by atoms with Gasteiger partial charge >= 0.3 is 6.18 Å². The molecular weight excluding hydrogens is 404 g/mol. The maximum absolute atomic E-state index is 13.3. The number of nitrogens with one attached hydrogen (secondary N) is 2. The molecule has 2 heterocycles. The average molecular weight is 423 g/mol. The number of carbonyl (C=O) groups is 1. The quantitative estimate of drug-likeness (QED) is 0.712. The zero-order valence-electron chi connectivity index (χ0n) is 14.6. The first-order valence-corrected chi connectivity index (χ1v) is 8.32. The van der Waals surface area contributed by atoms with Gasteiger partial charge in [0.05, 0.1) is 11.9 Å². The van der Waals surface area contributed by atoms with E-state index in [9.17, 15) is 22.4 Å². The number of hydrogen-bond acceptors (Lipinski definition) is 5. The van der Waals surface area contributed by atoms with Crippen LogP contribution in [0.4, 0.5) is 17.6 Å². The van der Waals surface area contributed by atoms with Gasteiger partial charge in [-0.2, -0.15) is 23.1 Å². The molecule has 3 rings (SSSR count). The molecule has 1 aliphatic heterocycles. The van der Waals surface area contributed by atoms with Gasteiger partial charge in [-0.25, -0.2) is 4.39 Å². The van der Waals surface area contributed by atoms with Crippen LogP contribution in [-0.2, 0) is 0 Å². The van der Waals surface area contributed by atoms with E-state index < -0.39 is 30.5 Å². The Balaban J connectivity index is 0.00000280. The van der Waals surface area contributed by atoms with E-state index in [0.29, 0.717) is 18.8 Å². The Morgan fingerprint density at radius 3 is 2.46 bits per heavy atom. The molecule has 1 aromatic heterocycles. The van der Waals surface area contributed by atoms with Crippen molar-refractivity contribution >= 4 is 18.3 Å². The molecule has 28 heavy (non-hydrogen) atoms. The second-order valence-electron chi connectivity index (χ2n) is 6.05. The minimum Gasteiger partial charge on any atom is -0.349 e. The molecule has 0 spiro atoms. The van der Waals surface area contributed by atoms with Crippen molar-refractivity contribution in [3.63, 3.8) is 0 Å².